The topological polar surface area (TPSA) is 36.3 Å². The second kappa shape index (κ2) is 10.3. The number of rotatable bonds is 6. The standard InChI is InChI=1S/C27H20Cl2F2N2O2S/c1-15-13-35-26(16-6-11-21(29)23(12-16)34-2)25-24(15)32-27(33(25)18-9-7-17(30)8-10-18)36-14-19-20(28)4-3-5-22(19)31/h3-12,26H,1,13-14H2,2H3. The summed E-state index contributed by atoms with van der Waals surface area (Å²) < 4.78 is 41.8. The van der Waals surface area contributed by atoms with Crippen LogP contribution in [0.3, 0.4) is 0 Å². The summed E-state index contributed by atoms with van der Waals surface area (Å²) in [5.74, 6) is 0.00800. The molecule has 0 bridgehead atoms. The highest BCUT2D eigenvalue weighted by Gasteiger charge is 2.33. The van der Waals surface area contributed by atoms with E-state index in [0.717, 1.165) is 11.3 Å². The number of aromatic nitrogens is 2. The summed E-state index contributed by atoms with van der Waals surface area (Å²) in [7, 11) is 1.55. The molecule has 0 saturated carbocycles. The van der Waals surface area contributed by atoms with Crippen LogP contribution in [0.1, 0.15) is 28.6 Å². The van der Waals surface area contributed by atoms with Gasteiger partial charge in [0.15, 0.2) is 5.16 Å². The average molecular weight is 545 g/mol. The summed E-state index contributed by atoms with van der Waals surface area (Å²) in [6.45, 7) is 4.41. The zero-order chi connectivity index (χ0) is 25.4. The highest BCUT2D eigenvalue weighted by Crippen LogP contribution is 2.43. The van der Waals surface area contributed by atoms with Crippen LogP contribution >= 0.6 is 35.0 Å². The smallest absolute Gasteiger partial charge is 0.173 e. The molecule has 2 heterocycles. The van der Waals surface area contributed by atoms with Gasteiger partial charge in [0, 0.05) is 22.0 Å². The molecule has 0 amide bonds. The Kier molecular flexibility index (Phi) is 7.08. The number of ether oxygens (including phenoxy) is 2. The molecule has 0 radical (unpaired) electrons. The van der Waals surface area contributed by atoms with Gasteiger partial charge in [0.2, 0.25) is 0 Å². The molecule has 4 aromatic rings. The number of methoxy groups -OCH3 is 1. The first kappa shape index (κ1) is 24.8. The summed E-state index contributed by atoms with van der Waals surface area (Å²) in [5, 5.41) is 1.39. The molecule has 1 aliphatic rings. The van der Waals surface area contributed by atoms with Crippen LogP contribution in [-0.2, 0) is 10.5 Å². The lowest BCUT2D eigenvalue weighted by atomic mass is 9.99. The Hall–Kier alpha value is -2.84. The van der Waals surface area contributed by atoms with Gasteiger partial charge in [0.1, 0.15) is 23.5 Å². The van der Waals surface area contributed by atoms with Crippen molar-refractivity contribution in [1.82, 2.24) is 9.55 Å². The van der Waals surface area contributed by atoms with Crippen molar-refractivity contribution in [2.75, 3.05) is 13.7 Å². The van der Waals surface area contributed by atoms with Crippen LogP contribution in [0.5, 0.6) is 5.75 Å². The van der Waals surface area contributed by atoms with Crippen molar-refractivity contribution in [2.45, 2.75) is 17.0 Å². The normalized spacial score (nSPS) is 15.1. The molecule has 0 N–H and O–H groups in total. The first-order valence-corrected chi connectivity index (χ1v) is 12.7. The third kappa shape index (κ3) is 4.64. The fraction of sp³-hybridized carbons (Fsp3) is 0.148. The predicted octanol–water partition coefficient (Wildman–Crippen LogP) is 7.89. The lowest BCUT2D eigenvalue weighted by Crippen LogP contribution is -2.19. The van der Waals surface area contributed by atoms with E-state index in [1.165, 1.54) is 30.0 Å². The minimum atomic E-state index is -0.527. The van der Waals surface area contributed by atoms with Crippen molar-refractivity contribution in [1.29, 1.82) is 0 Å². The molecular weight excluding hydrogens is 525 g/mol. The number of benzene rings is 3. The van der Waals surface area contributed by atoms with Crippen LogP contribution in [0.25, 0.3) is 11.3 Å². The third-order valence-electron chi connectivity index (χ3n) is 5.86. The molecule has 0 spiro atoms. The van der Waals surface area contributed by atoms with E-state index in [9.17, 15) is 8.78 Å². The SMILES string of the molecule is C=C1COC(c2ccc(Cl)c(OC)c2)c2c1nc(SCc1c(F)cccc1Cl)n2-c1ccc(F)cc1. The van der Waals surface area contributed by atoms with Gasteiger partial charge in [-0.1, -0.05) is 53.7 Å². The lowest BCUT2D eigenvalue weighted by Gasteiger charge is -2.27. The van der Waals surface area contributed by atoms with E-state index < -0.39 is 11.9 Å². The van der Waals surface area contributed by atoms with Gasteiger partial charge >= 0.3 is 0 Å². The highest BCUT2D eigenvalue weighted by molar-refractivity contribution is 7.98. The molecule has 1 unspecified atom stereocenters. The summed E-state index contributed by atoms with van der Waals surface area (Å²) in [5.41, 5.74) is 3.97. The average Bonchev–Trinajstić information content (AvgIpc) is 3.25. The van der Waals surface area contributed by atoms with Crippen molar-refractivity contribution in [3.05, 3.63) is 111 Å². The van der Waals surface area contributed by atoms with Crippen LogP contribution in [0.15, 0.2) is 72.4 Å². The first-order valence-electron chi connectivity index (χ1n) is 10.9. The van der Waals surface area contributed by atoms with Crippen molar-refractivity contribution < 1.29 is 18.3 Å². The molecule has 36 heavy (non-hydrogen) atoms. The van der Waals surface area contributed by atoms with Gasteiger partial charge in [0.05, 0.1) is 30.1 Å². The number of halogens is 4. The third-order valence-corrected chi connectivity index (χ3v) is 7.49. The number of hydrogen-bond acceptors (Lipinski definition) is 4. The predicted molar refractivity (Wildman–Crippen MR) is 139 cm³/mol. The zero-order valence-electron chi connectivity index (χ0n) is 19.1. The van der Waals surface area contributed by atoms with Crippen molar-refractivity contribution in [2.24, 2.45) is 0 Å². The van der Waals surface area contributed by atoms with Crippen molar-refractivity contribution >= 4 is 40.5 Å². The molecule has 0 fully saturated rings. The Labute approximate surface area is 221 Å². The van der Waals surface area contributed by atoms with E-state index in [4.69, 9.17) is 37.7 Å². The number of thioether (sulfide) groups is 1. The fourth-order valence-electron chi connectivity index (χ4n) is 4.08. The molecule has 1 aliphatic heterocycles. The van der Waals surface area contributed by atoms with Crippen LogP contribution in [-0.4, -0.2) is 23.3 Å². The van der Waals surface area contributed by atoms with Crippen LogP contribution in [0.2, 0.25) is 10.0 Å². The first-order chi connectivity index (χ1) is 17.4. The molecule has 5 rings (SSSR count). The summed E-state index contributed by atoms with van der Waals surface area (Å²) in [6.07, 6.45) is -0.527. The minimum absolute atomic E-state index is 0.245. The molecule has 1 atom stereocenters. The lowest BCUT2D eigenvalue weighted by molar-refractivity contribution is 0.0962. The molecular formula is C27H20Cl2F2N2O2S. The summed E-state index contributed by atoms with van der Waals surface area (Å²) in [4.78, 5) is 4.87. The molecule has 0 saturated heterocycles. The van der Waals surface area contributed by atoms with Crippen LogP contribution < -0.4 is 4.74 Å². The maximum atomic E-state index is 14.5. The van der Waals surface area contributed by atoms with Gasteiger partial charge in [-0.2, -0.15) is 0 Å². The van der Waals surface area contributed by atoms with Crippen LogP contribution in [0, 0.1) is 11.6 Å². The van der Waals surface area contributed by atoms with Crippen molar-refractivity contribution in [3.63, 3.8) is 0 Å². The number of nitrogens with zero attached hydrogens (tertiary/aromatic N) is 2. The largest absolute Gasteiger partial charge is 0.495 e. The second-order valence-corrected chi connectivity index (χ2v) is 9.87. The Morgan fingerprint density at radius 2 is 1.89 bits per heavy atom. The number of hydrogen-bond donors (Lipinski definition) is 0. The van der Waals surface area contributed by atoms with Gasteiger partial charge in [-0.15, -0.1) is 0 Å². The van der Waals surface area contributed by atoms with E-state index in [1.54, 1.807) is 37.4 Å². The molecule has 1 aromatic heterocycles. The van der Waals surface area contributed by atoms with Gasteiger partial charge in [-0.05, 0) is 59.7 Å². The molecule has 9 heteroatoms. The quantitative estimate of drug-likeness (QED) is 0.231. The van der Waals surface area contributed by atoms with Gasteiger partial charge in [0.25, 0.3) is 0 Å². The minimum Gasteiger partial charge on any atom is -0.495 e. The monoisotopic (exact) mass is 544 g/mol. The van der Waals surface area contributed by atoms with E-state index in [-0.39, 0.29) is 18.2 Å². The van der Waals surface area contributed by atoms with Crippen LogP contribution in [0.4, 0.5) is 8.78 Å². The molecule has 0 aliphatic carbocycles. The Balaban J connectivity index is 1.66. The van der Waals surface area contributed by atoms with Gasteiger partial charge in [-0.25, -0.2) is 13.8 Å². The highest BCUT2D eigenvalue weighted by atomic mass is 35.5. The van der Waals surface area contributed by atoms with Gasteiger partial charge in [-0.3, -0.25) is 4.57 Å². The second-order valence-electron chi connectivity index (χ2n) is 8.12. The van der Waals surface area contributed by atoms with E-state index >= 15 is 0 Å². The van der Waals surface area contributed by atoms with E-state index in [0.29, 0.717) is 43.5 Å². The molecule has 3 aromatic carbocycles. The fourth-order valence-corrected chi connectivity index (χ4v) is 5.64. The Morgan fingerprint density at radius 3 is 2.61 bits per heavy atom. The van der Waals surface area contributed by atoms with Crippen molar-refractivity contribution in [3.8, 4) is 11.4 Å². The zero-order valence-corrected chi connectivity index (χ0v) is 21.4. The number of fused-ring (bicyclic) bond motifs is 1. The maximum Gasteiger partial charge on any atom is 0.173 e. The van der Waals surface area contributed by atoms with Gasteiger partial charge < -0.3 is 9.47 Å². The number of imidazole rings is 1. The Morgan fingerprint density at radius 1 is 1.11 bits per heavy atom. The van der Waals surface area contributed by atoms with E-state index in [2.05, 4.69) is 6.58 Å². The summed E-state index contributed by atoms with van der Waals surface area (Å²) in [6, 6.07) is 16.1. The molecule has 184 valence electrons. The summed E-state index contributed by atoms with van der Waals surface area (Å²) >= 11 is 13.8. The Bertz CT molecular complexity index is 1440. The molecule has 4 nitrogen and oxygen atoms in total. The maximum absolute atomic E-state index is 14.5. The van der Waals surface area contributed by atoms with E-state index in [1.807, 2.05) is 16.7 Å².